The summed E-state index contributed by atoms with van der Waals surface area (Å²) < 4.78 is 9.88. The lowest BCUT2D eigenvalue weighted by Crippen LogP contribution is -2.23. The van der Waals surface area contributed by atoms with E-state index >= 15 is 0 Å². The molecule has 3 N–H and O–H groups in total. The highest BCUT2D eigenvalue weighted by atomic mass is 16.5. The van der Waals surface area contributed by atoms with Crippen LogP contribution in [0.2, 0.25) is 0 Å². The van der Waals surface area contributed by atoms with Crippen LogP contribution in [0, 0.1) is 0 Å². The number of nitrogens with zero attached hydrogens (tertiary/aromatic N) is 1. The van der Waals surface area contributed by atoms with E-state index in [1.807, 2.05) is 24.3 Å². The Kier molecular flexibility index (Phi) is 5.48. The van der Waals surface area contributed by atoms with Gasteiger partial charge in [0.25, 0.3) is 5.91 Å². The number of methoxy groups -OCH3 is 1. The molecule has 0 fully saturated rings. The zero-order valence-electron chi connectivity index (χ0n) is 12.0. The Morgan fingerprint density at radius 1 is 1.33 bits per heavy atom. The first-order chi connectivity index (χ1) is 10.2. The van der Waals surface area contributed by atoms with Gasteiger partial charge in [-0.05, 0) is 24.1 Å². The SMILES string of the molecule is COCc1cc(C(=O)NCc2ccc(CCN)cc2)no1. The van der Waals surface area contributed by atoms with Crippen molar-refractivity contribution in [3.63, 3.8) is 0 Å². The molecule has 1 aromatic heterocycles. The number of carbonyl (C=O) groups excluding carboxylic acids is 1. The van der Waals surface area contributed by atoms with Crippen LogP contribution in [0.25, 0.3) is 0 Å². The molecule has 0 bridgehead atoms. The Bertz CT molecular complexity index is 578. The zero-order chi connectivity index (χ0) is 15.1. The van der Waals surface area contributed by atoms with Gasteiger partial charge in [0.1, 0.15) is 6.61 Å². The van der Waals surface area contributed by atoms with Gasteiger partial charge in [0.2, 0.25) is 0 Å². The molecule has 6 nitrogen and oxygen atoms in total. The van der Waals surface area contributed by atoms with Crippen molar-refractivity contribution in [2.45, 2.75) is 19.6 Å². The van der Waals surface area contributed by atoms with E-state index in [4.69, 9.17) is 15.0 Å². The molecular formula is C15H19N3O3. The highest BCUT2D eigenvalue weighted by Crippen LogP contribution is 2.07. The molecule has 1 heterocycles. The fraction of sp³-hybridized carbons (Fsp3) is 0.333. The lowest BCUT2D eigenvalue weighted by Gasteiger charge is -2.04. The summed E-state index contributed by atoms with van der Waals surface area (Å²) >= 11 is 0. The van der Waals surface area contributed by atoms with Crippen molar-refractivity contribution in [3.05, 3.63) is 52.9 Å². The smallest absolute Gasteiger partial charge is 0.273 e. The molecule has 0 aliphatic rings. The van der Waals surface area contributed by atoms with Crippen molar-refractivity contribution in [2.24, 2.45) is 5.73 Å². The van der Waals surface area contributed by atoms with Crippen molar-refractivity contribution in [1.29, 1.82) is 0 Å². The molecule has 2 rings (SSSR count). The normalized spacial score (nSPS) is 10.6. The van der Waals surface area contributed by atoms with Gasteiger partial charge in [0, 0.05) is 19.7 Å². The first-order valence-electron chi connectivity index (χ1n) is 6.73. The van der Waals surface area contributed by atoms with E-state index in [1.165, 1.54) is 5.56 Å². The lowest BCUT2D eigenvalue weighted by molar-refractivity contribution is 0.0941. The minimum atomic E-state index is -0.271. The summed E-state index contributed by atoms with van der Waals surface area (Å²) in [7, 11) is 1.55. The van der Waals surface area contributed by atoms with Gasteiger partial charge in [-0.3, -0.25) is 4.79 Å². The number of benzene rings is 1. The average molecular weight is 289 g/mol. The number of hydrogen-bond donors (Lipinski definition) is 2. The van der Waals surface area contributed by atoms with E-state index in [9.17, 15) is 4.79 Å². The number of amides is 1. The zero-order valence-corrected chi connectivity index (χ0v) is 12.0. The second kappa shape index (κ2) is 7.56. The highest BCUT2D eigenvalue weighted by molar-refractivity contribution is 5.92. The maximum absolute atomic E-state index is 11.9. The fourth-order valence-electron chi connectivity index (χ4n) is 1.89. The monoisotopic (exact) mass is 289 g/mol. The van der Waals surface area contributed by atoms with Crippen molar-refractivity contribution < 1.29 is 14.1 Å². The Labute approximate surface area is 123 Å². The maximum Gasteiger partial charge on any atom is 0.273 e. The van der Waals surface area contributed by atoms with E-state index in [-0.39, 0.29) is 11.6 Å². The number of aromatic nitrogens is 1. The van der Waals surface area contributed by atoms with Crippen LogP contribution in [0.5, 0.6) is 0 Å². The number of carbonyl (C=O) groups is 1. The molecule has 2 aromatic rings. The van der Waals surface area contributed by atoms with Gasteiger partial charge in [0.15, 0.2) is 11.5 Å². The van der Waals surface area contributed by atoms with Crippen molar-refractivity contribution in [1.82, 2.24) is 10.5 Å². The minimum absolute atomic E-state index is 0.252. The summed E-state index contributed by atoms with van der Waals surface area (Å²) in [6.07, 6.45) is 0.855. The van der Waals surface area contributed by atoms with E-state index in [0.29, 0.717) is 25.5 Å². The quantitative estimate of drug-likeness (QED) is 0.800. The van der Waals surface area contributed by atoms with Crippen LogP contribution in [0.4, 0.5) is 0 Å². The van der Waals surface area contributed by atoms with Gasteiger partial charge in [-0.1, -0.05) is 29.4 Å². The van der Waals surface area contributed by atoms with E-state index in [2.05, 4.69) is 10.5 Å². The van der Waals surface area contributed by atoms with Crippen LogP contribution in [0.3, 0.4) is 0 Å². The first-order valence-corrected chi connectivity index (χ1v) is 6.73. The third-order valence-electron chi connectivity index (χ3n) is 2.99. The van der Waals surface area contributed by atoms with Gasteiger partial charge in [-0.15, -0.1) is 0 Å². The number of ether oxygens (including phenoxy) is 1. The second-order valence-electron chi connectivity index (χ2n) is 4.65. The Morgan fingerprint density at radius 3 is 2.71 bits per heavy atom. The molecular weight excluding hydrogens is 270 g/mol. The third kappa shape index (κ3) is 4.40. The topological polar surface area (TPSA) is 90.4 Å². The molecule has 0 radical (unpaired) electrons. The van der Waals surface area contributed by atoms with Gasteiger partial charge < -0.3 is 20.3 Å². The Hall–Kier alpha value is -2.18. The molecule has 0 aliphatic carbocycles. The predicted octanol–water partition coefficient (Wildman–Crippen LogP) is 1.25. The maximum atomic E-state index is 11.9. The number of nitrogens with two attached hydrogens (primary N) is 1. The van der Waals surface area contributed by atoms with Crippen LogP contribution in [-0.4, -0.2) is 24.7 Å². The molecule has 0 unspecified atom stereocenters. The molecule has 0 atom stereocenters. The molecule has 6 heteroatoms. The van der Waals surface area contributed by atoms with Gasteiger partial charge >= 0.3 is 0 Å². The highest BCUT2D eigenvalue weighted by Gasteiger charge is 2.11. The molecule has 0 saturated carbocycles. The van der Waals surface area contributed by atoms with Gasteiger partial charge in [-0.2, -0.15) is 0 Å². The van der Waals surface area contributed by atoms with Gasteiger partial charge in [0.05, 0.1) is 0 Å². The first kappa shape index (κ1) is 15.2. The molecule has 0 saturated heterocycles. The summed E-state index contributed by atoms with van der Waals surface area (Å²) in [6, 6.07) is 9.56. The van der Waals surface area contributed by atoms with Crippen molar-refractivity contribution in [3.8, 4) is 0 Å². The molecule has 1 aromatic carbocycles. The molecule has 21 heavy (non-hydrogen) atoms. The summed E-state index contributed by atoms with van der Waals surface area (Å²) in [5, 5.41) is 6.50. The number of hydrogen-bond acceptors (Lipinski definition) is 5. The largest absolute Gasteiger partial charge is 0.377 e. The Morgan fingerprint density at radius 2 is 2.05 bits per heavy atom. The van der Waals surface area contributed by atoms with Gasteiger partial charge in [-0.25, -0.2) is 0 Å². The van der Waals surface area contributed by atoms with E-state index in [0.717, 1.165) is 12.0 Å². The third-order valence-corrected chi connectivity index (χ3v) is 2.99. The standard InChI is InChI=1S/C15H19N3O3/c1-20-10-13-8-14(18-21-13)15(19)17-9-12-4-2-11(3-5-12)6-7-16/h2-5,8H,6-7,9-10,16H2,1H3,(H,17,19). The Balaban J connectivity index is 1.87. The van der Waals surface area contributed by atoms with Crippen LogP contribution < -0.4 is 11.1 Å². The summed E-state index contributed by atoms with van der Waals surface area (Å²) in [5.41, 5.74) is 7.96. The summed E-state index contributed by atoms with van der Waals surface area (Å²) in [6.45, 7) is 1.36. The molecule has 0 aliphatic heterocycles. The number of rotatable bonds is 7. The van der Waals surface area contributed by atoms with Crippen LogP contribution in [0.1, 0.15) is 27.4 Å². The van der Waals surface area contributed by atoms with Crippen molar-refractivity contribution >= 4 is 5.91 Å². The van der Waals surface area contributed by atoms with Crippen LogP contribution in [-0.2, 0) is 24.3 Å². The summed E-state index contributed by atoms with van der Waals surface area (Å²) in [4.78, 5) is 11.9. The van der Waals surface area contributed by atoms with Crippen LogP contribution >= 0.6 is 0 Å². The number of nitrogens with one attached hydrogen (secondary N) is 1. The average Bonchev–Trinajstić information content (AvgIpc) is 2.96. The fourth-order valence-corrected chi connectivity index (χ4v) is 1.89. The van der Waals surface area contributed by atoms with E-state index in [1.54, 1.807) is 13.2 Å². The molecule has 112 valence electrons. The molecule has 0 spiro atoms. The van der Waals surface area contributed by atoms with Crippen molar-refractivity contribution in [2.75, 3.05) is 13.7 Å². The summed E-state index contributed by atoms with van der Waals surface area (Å²) in [5.74, 6) is 0.251. The molecule has 1 amide bonds. The van der Waals surface area contributed by atoms with Crippen LogP contribution in [0.15, 0.2) is 34.9 Å². The minimum Gasteiger partial charge on any atom is -0.377 e. The second-order valence-corrected chi connectivity index (χ2v) is 4.65. The predicted molar refractivity (Wildman–Crippen MR) is 77.6 cm³/mol. The van der Waals surface area contributed by atoms with E-state index < -0.39 is 0 Å². The lowest BCUT2D eigenvalue weighted by atomic mass is 10.1.